The van der Waals surface area contributed by atoms with Gasteiger partial charge in [-0.1, -0.05) is 23.2 Å². The zero-order valence-corrected chi connectivity index (χ0v) is 25.5. The third-order valence-corrected chi connectivity index (χ3v) is 10.5. The van der Waals surface area contributed by atoms with Crippen molar-refractivity contribution in [3.8, 4) is 0 Å². The van der Waals surface area contributed by atoms with Gasteiger partial charge in [0.05, 0.1) is 10.8 Å². The largest absolute Gasteiger partial charge is 0.480 e. The highest BCUT2D eigenvalue weighted by Gasteiger charge is 2.54. The van der Waals surface area contributed by atoms with Crippen molar-refractivity contribution >= 4 is 82.2 Å². The van der Waals surface area contributed by atoms with Gasteiger partial charge in [0.15, 0.2) is 12.4 Å². The number of aliphatic carboxylic acids is 2. The van der Waals surface area contributed by atoms with Gasteiger partial charge in [0, 0.05) is 44.9 Å². The average molecular weight is 659 g/mol. The number of aromatic nitrogens is 1. The highest BCUT2D eigenvalue weighted by atomic mass is 35.5. The Morgan fingerprint density at radius 3 is 2.59 bits per heavy atom. The second kappa shape index (κ2) is 14.2. The molecule has 0 aliphatic carbocycles. The van der Waals surface area contributed by atoms with Crippen molar-refractivity contribution in [1.29, 1.82) is 0 Å². The van der Waals surface area contributed by atoms with Gasteiger partial charge in [-0.3, -0.25) is 19.3 Å². The number of aryl methyl sites for hydroxylation is 1. The van der Waals surface area contributed by atoms with Crippen molar-refractivity contribution in [2.24, 2.45) is 5.73 Å². The number of benzene rings is 1. The number of carboxylic acid groups (broad SMARTS) is 2. The quantitative estimate of drug-likeness (QED) is 0.144. The van der Waals surface area contributed by atoms with Crippen molar-refractivity contribution < 1.29 is 34.0 Å². The van der Waals surface area contributed by atoms with Gasteiger partial charge in [-0.25, -0.2) is 9.36 Å². The Hall–Kier alpha value is -2.42. The zero-order chi connectivity index (χ0) is 29.7. The zero-order valence-electron chi connectivity index (χ0n) is 21.5. The molecule has 2 amide bonds. The van der Waals surface area contributed by atoms with Gasteiger partial charge in [0.1, 0.15) is 29.7 Å². The van der Waals surface area contributed by atoms with E-state index in [9.17, 15) is 24.3 Å². The maximum Gasteiger partial charge on any atom is 0.352 e. The molecule has 1 aromatic carbocycles. The van der Waals surface area contributed by atoms with Crippen LogP contribution in [0, 0.1) is 0 Å². The number of fused-ring (bicyclic) bond motifs is 1. The van der Waals surface area contributed by atoms with Crippen LogP contribution in [0.2, 0.25) is 10.0 Å². The molecule has 15 heteroatoms. The molecular formula is C26H27Cl2N4O6S3+. The molecule has 41 heavy (non-hydrogen) atoms. The molecule has 2 aliphatic heterocycles. The van der Waals surface area contributed by atoms with Crippen molar-refractivity contribution in [3.05, 3.63) is 64.0 Å². The van der Waals surface area contributed by atoms with E-state index in [0.717, 1.165) is 4.90 Å². The van der Waals surface area contributed by atoms with E-state index in [1.54, 1.807) is 18.2 Å². The summed E-state index contributed by atoms with van der Waals surface area (Å²) >= 11 is 16.2. The Kier molecular flexibility index (Phi) is 10.9. The van der Waals surface area contributed by atoms with Crippen molar-refractivity contribution in [1.82, 2.24) is 10.2 Å². The van der Waals surface area contributed by atoms with Crippen LogP contribution in [0.25, 0.3) is 0 Å². The number of halogens is 2. The maximum atomic E-state index is 12.9. The highest BCUT2D eigenvalue weighted by Crippen LogP contribution is 2.41. The summed E-state index contributed by atoms with van der Waals surface area (Å²) in [6.07, 6.45) is 4.74. The van der Waals surface area contributed by atoms with E-state index in [2.05, 4.69) is 5.32 Å². The molecule has 0 saturated carbocycles. The van der Waals surface area contributed by atoms with Gasteiger partial charge in [-0.15, -0.1) is 35.3 Å². The molecule has 2 aromatic rings. The molecule has 0 bridgehead atoms. The van der Waals surface area contributed by atoms with Crippen LogP contribution in [0.15, 0.2) is 63.8 Å². The number of thioether (sulfide) groups is 3. The monoisotopic (exact) mass is 657 g/mol. The first-order valence-corrected chi connectivity index (χ1v) is 16.2. The minimum atomic E-state index is -1.18. The maximum absolute atomic E-state index is 12.9. The standard InChI is InChI=1S/C26H26Cl2N4O6S3/c27-15-3-4-17(28)19(10-15)40-13-20(33)30-21-23(34)32-22(26(37)38)14(12-41-24(21)32)11-39-16-5-8-31(9-6-16)7-1-2-18(29)25(35)36/h3-6,8-10,18,21,24H,1-2,7,11-13,29H2,(H2-,30,33,35,36,37,38)/p+1/t18-,21+,24-/m1/s1. The number of hydrogen-bond acceptors (Lipinski definition) is 8. The van der Waals surface area contributed by atoms with E-state index in [1.165, 1.54) is 40.2 Å². The average Bonchev–Trinajstić information content (AvgIpc) is 2.95. The van der Waals surface area contributed by atoms with Gasteiger partial charge < -0.3 is 21.3 Å². The molecule has 4 rings (SSSR count). The van der Waals surface area contributed by atoms with E-state index >= 15 is 0 Å². The summed E-state index contributed by atoms with van der Waals surface area (Å²) in [4.78, 5) is 51.3. The fourth-order valence-corrected chi connectivity index (χ4v) is 7.89. The van der Waals surface area contributed by atoms with E-state index in [4.69, 9.17) is 34.0 Å². The second-order valence-electron chi connectivity index (χ2n) is 9.22. The van der Waals surface area contributed by atoms with Crippen LogP contribution in [0.4, 0.5) is 0 Å². The summed E-state index contributed by atoms with van der Waals surface area (Å²) < 4.78 is 1.93. The molecule has 218 valence electrons. The first-order valence-electron chi connectivity index (χ1n) is 12.4. The van der Waals surface area contributed by atoms with Crippen LogP contribution in [0.3, 0.4) is 0 Å². The number of β-lactam (4-membered cyclic amide) rings is 1. The van der Waals surface area contributed by atoms with E-state index in [1.807, 2.05) is 29.1 Å². The van der Waals surface area contributed by atoms with Gasteiger partial charge >= 0.3 is 11.9 Å². The van der Waals surface area contributed by atoms with Gasteiger partial charge in [-0.2, -0.15) is 0 Å². The van der Waals surface area contributed by atoms with Crippen LogP contribution >= 0.6 is 58.5 Å². The first kappa shape index (κ1) is 31.5. The molecular weight excluding hydrogens is 631 g/mol. The summed E-state index contributed by atoms with van der Waals surface area (Å²) in [6, 6.07) is 7.07. The lowest BCUT2D eigenvalue weighted by molar-refractivity contribution is -0.697. The predicted molar refractivity (Wildman–Crippen MR) is 159 cm³/mol. The molecule has 3 heterocycles. The number of carboxylic acids is 2. The molecule has 1 aromatic heterocycles. The SMILES string of the molecule is N[C@H](CCC[n+]1ccc(SCC2=C(C(=O)O)N3C(=O)[C@H](NC(=O)CSc4cc(Cl)ccc4Cl)[C@H]3SC2)cc1)C(=O)O. The summed E-state index contributed by atoms with van der Waals surface area (Å²) in [5.74, 6) is -2.19. The predicted octanol–water partition coefficient (Wildman–Crippen LogP) is 3.10. The fraction of sp³-hybridized carbons (Fsp3) is 0.346. The first-order chi connectivity index (χ1) is 19.5. The van der Waals surface area contributed by atoms with Crippen LogP contribution in [-0.4, -0.2) is 73.6 Å². The van der Waals surface area contributed by atoms with Crippen molar-refractivity contribution in [2.45, 2.75) is 46.6 Å². The van der Waals surface area contributed by atoms with Crippen LogP contribution < -0.4 is 15.6 Å². The molecule has 10 nitrogen and oxygen atoms in total. The lowest BCUT2D eigenvalue weighted by Gasteiger charge is -2.49. The Bertz CT molecular complexity index is 1380. The summed E-state index contributed by atoms with van der Waals surface area (Å²) in [5, 5.41) is 22.0. The van der Waals surface area contributed by atoms with E-state index in [0.29, 0.717) is 51.4 Å². The van der Waals surface area contributed by atoms with Crippen LogP contribution in [0.5, 0.6) is 0 Å². The number of carbonyl (C=O) groups excluding carboxylic acids is 2. The Morgan fingerprint density at radius 2 is 1.90 bits per heavy atom. The minimum Gasteiger partial charge on any atom is -0.480 e. The molecule has 0 unspecified atom stereocenters. The number of nitrogens with two attached hydrogens (primary N) is 1. The lowest BCUT2D eigenvalue weighted by atomic mass is 10.0. The van der Waals surface area contributed by atoms with E-state index in [-0.39, 0.29) is 17.4 Å². The summed E-state index contributed by atoms with van der Waals surface area (Å²) in [5.41, 5.74) is 6.14. The molecule has 3 atom stereocenters. The summed E-state index contributed by atoms with van der Waals surface area (Å²) in [7, 11) is 0. The second-order valence-corrected chi connectivity index (χ2v) is 13.2. The molecule has 0 spiro atoms. The van der Waals surface area contributed by atoms with Gasteiger partial charge in [0.25, 0.3) is 5.91 Å². The van der Waals surface area contributed by atoms with E-state index < -0.39 is 35.3 Å². The fourth-order valence-electron chi connectivity index (χ4n) is 4.22. The molecule has 1 saturated heterocycles. The van der Waals surface area contributed by atoms with Crippen molar-refractivity contribution in [3.63, 3.8) is 0 Å². The van der Waals surface area contributed by atoms with Crippen molar-refractivity contribution in [2.75, 3.05) is 17.3 Å². The minimum absolute atomic E-state index is 0.0255. The Morgan fingerprint density at radius 1 is 1.17 bits per heavy atom. The number of pyridine rings is 1. The number of nitrogens with zero attached hydrogens (tertiary/aromatic N) is 2. The molecule has 2 aliphatic rings. The molecule has 1 fully saturated rings. The molecule has 5 N–H and O–H groups in total. The van der Waals surface area contributed by atoms with Gasteiger partial charge in [0.2, 0.25) is 5.91 Å². The normalized spacial score (nSPS) is 18.9. The Labute approximate surface area is 259 Å². The number of carbonyl (C=O) groups is 4. The molecule has 0 radical (unpaired) electrons. The van der Waals surface area contributed by atoms with Gasteiger partial charge in [-0.05, 0) is 30.2 Å². The number of hydrogen-bond donors (Lipinski definition) is 4. The third-order valence-electron chi connectivity index (χ3n) is 6.34. The summed E-state index contributed by atoms with van der Waals surface area (Å²) in [6.45, 7) is 0.625. The lowest BCUT2D eigenvalue weighted by Crippen LogP contribution is -2.70. The topological polar surface area (TPSA) is 154 Å². The number of amides is 2. The number of rotatable bonds is 13. The van der Waals surface area contributed by atoms with Crippen LogP contribution in [0.1, 0.15) is 12.8 Å². The number of nitrogens with one attached hydrogen (secondary N) is 1. The van der Waals surface area contributed by atoms with Crippen LogP contribution in [-0.2, 0) is 25.7 Å². The Balaban J connectivity index is 1.31. The smallest absolute Gasteiger partial charge is 0.352 e. The third kappa shape index (κ3) is 7.90. The highest BCUT2D eigenvalue weighted by molar-refractivity contribution is 8.01.